The molecule has 19 heteroatoms. The number of imidazole rings is 1. The molecule has 11 N–H and O–H groups in total. The predicted octanol–water partition coefficient (Wildman–Crippen LogP) is 1.33. The molecule has 0 radical (unpaired) electrons. The van der Waals surface area contributed by atoms with E-state index in [1.807, 2.05) is 50.6 Å². The molecule has 0 aliphatic rings. The molecule has 342 valence electrons. The van der Waals surface area contributed by atoms with E-state index in [1.54, 1.807) is 13.8 Å². The standard InChI is InChI=1S/C43H67N11O7S/c1-8-9-12-16-46-33(19-28-21-47-31-14-11-10-13-30(28)31)40(58)50-27(6)39(57)54-37(26(4)5)43(61)48-23-36(55)51-35(20-29-22-45-24-49-29)42(60)53-34(18-25(2)3)41(59)52-32(38(44)56)15-17-62-7/h10-11,13-14,21-22,24-27,32-35,37,46-47H,8-9,12,15-20,23H2,1-7H3,(H2,44,56)(H,45,49)(H,48,61)(H,50,58)(H,51,55)(H,52,59)(H,53,60)(H,54,57). The molecule has 1 aromatic carbocycles. The lowest BCUT2D eigenvalue weighted by Gasteiger charge is -2.26. The summed E-state index contributed by atoms with van der Waals surface area (Å²) in [6.45, 7) is 10.9. The Morgan fingerprint density at radius 1 is 0.774 bits per heavy atom. The number of para-hydroxylation sites is 1. The Morgan fingerprint density at radius 3 is 2.11 bits per heavy atom. The number of fused-ring (bicyclic) bond motifs is 1. The van der Waals surface area contributed by atoms with E-state index in [-0.39, 0.29) is 24.7 Å². The SMILES string of the molecule is CCCCCNC(Cc1c[nH]c2ccccc12)C(=O)NC(C)C(=O)NC(C(=O)NCC(=O)NC(Cc1cnc[nH]1)C(=O)NC(CC(C)C)C(=O)NC(CCSC)C(N)=O)C(C)C. The van der Waals surface area contributed by atoms with Crippen LogP contribution in [0, 0.1) is 11.8 Å². The smallest absolute Gasteiger partial charge is 0.243 e. The third kappa shape index (κ3) is 16.8. The molecular weight excluding hydrogens is 815 g/mol. The molecule has 0 saturated heterocycles. The van der Waals surface area contributed by atoms with Gasteiger partial charge in [-0.3, -0.25) is 33.6 Å². The van der Waals surface area contributed by atoms with E-state index >= 15 is 0 Å². The summed E-state index contributed by atoms with van der Waals surface area (Å²) in [5.74, 6) is -4.12. The minimum absolute atomic E-state index is 0.0235. The molecular formula is C43H67N11O7S. The summed E-state index contributed by atoms with van der Waals surface area (Å²) in [7, 11) is 0. The van der Waals surface area contributed by atoms with Crippen molar-refractivity contribution in [1.82, 2.24) is 52.2 Å². The molecule has 3 rings (SSSR count). The van der Waals surface area contributed by atoms with Crippen molar-refractivity contribution in [3.63, 3.8) is 0 Å². The second-order valence-electron chi connectivity index (χ2n) is 16.3. The van der Waals surface area contributed by atoms with Crippen molar-refractivity contribution in [3.8, 4) is 0 Å². The van der Waals surface area contributed by atoms with E-state index in [1.165, 1.54) is 31.2 Å². The van der Waals surface area contributed by atoms with Gasteiger partial charge in [-0.05, 0) is 74.6 Å². The zero-order valence-electron chi connectivity index (χ0n) is 37.0. The molecule has 3 aromatic rings. The van der Waals surface area contributed by atoms with Gasteiger partial charge < -0.3 is 52.9 Å². The zero-order valence-corrected chi connectivity index (χ0v) is 37.8. The summed E-state index contributed by atoms with van der Waals surface area (Å²) < 4.78 is 0. The van der Waals surface area contributed by atoms with Crippen LogP contribution in [0.2, 0.25) is 0 Å². The van der Waals surface area contributed by atoms with Gasteiger partial charge in [0.15, 0.2) is 0 Å². The van der Waals surface area contributed by atoms with E-state index in [2.05, 4.69) is 59.1 Å². The maximum absolute atomic E-state index is 13.7. The fourth-order valence-electron chi connectivity index (χ4n) is 6.74. The van der Waals surface area contributed by atoms with Gasteiger partial charge in [-0.15, -0.1) is 0 Å². The molecule has 0 fully saturated rings. The number of hydrogen-bond acceptors (Lipinski definition) is 10. The summed E-state index contributed by atoms with van der Waals surface area (Å²) in [4.78, 5) is 103. The molecule has 2 aromatic heterocycles. The number of amides is 7. The first-order valence-electron chi connectivity index (χ1n) is 21.4. The lowest BCUT2D eigenvalue weighted by molar-refractivity contribution is -0.134. The van der Waals surface area contributed by atoms with Crippen LogP contribution in [0.4, 0.5) is 0 Å². The van der Waals surface area contributed by atoms with Crippen molar-refractivity contribution in [2.75, 3.05) is 25.1 Å². The lowest BCUT2D eigenvalue weighted by atomic mass is 10.0. The van der Waals surface area contributed by atoms with Crippen molar-refractivity contribution >= 4 is 64.0 Å². The van der Waals surface area contributed by atoms with Crippen LogP contribution in [0.1, 0.15) is 84.9 Å². The fourth-order valence-corrected chi connectivity index (χ4v) is 7.21. The monoisotopic (exact) mass is 881 g/mol. The Hall–Kier alpha value is -5.43. The third-order valence-corrected chi connectivity index (χ3v) is 10.9. The Balaban J connectivity index is 1.64. The number of primary amides is 1. The number of nitrogens with zero attached hydrogens (tertiary/aromatic N) is 1. The van der Waals surface area contributed by atoms with E-state index in [0.29, 0.717) is 30.8 Å². The van der Waals surface area contributed by atoms with Crippen molar-refractivity contribution in [2.24, 2.45) is 17.6 Å². The van der Waals surface area contributed by atoms with Gasteiger partial charge in [0.05, 0.1) is 18.9 Å². The normalized spacial score (nSPS) is 14.3. The largest absolute Gasteiger partial charge is 0.368 e. The Kier molecular flexibility index (Phi) is 21.5. The van der Waals surface area contributed by atoms with Crippen molar-refractivity contribution < 1.29 is 33.6 Å². The quantitative estimate of drug-likeness (QED) is 0.0468. The molecule has 0 bridgehead atoms. The molecule has 0 aliphatic carbocycles. The van der Waals surface area contributed by atoms with Crippen LogP contribution in [0.15, 0.2) is 43.0 Å². The first-order valence-corrected chi connectivity index (χ1v) is 22.8. The zero-order chi connectivity index (χ0) is 45.8. The van der Waals surface area contributed by atoms with Crippen LogP contribution >= 0.6 is 11.8 Å². The average molecular weight is 882 g/mol. The molecule has 6 unspecified atom stereocenters. The van der Waals surface area contributed by atoms with Crippen LogP contribution in [0.25, 0.3) is 10.9 Å². The van der Waals surface area contributed by atoms with Crippen LogP contribution in [0.5, 0.6) is 0 Å². The van der Waals surface area contributed by atoms with Gasteiger partial charge >= 0.3 is 0 Å². The highest BCUT2D eigenvalue weighted by molar-refractivity contribution is 7.98. The molecule has 62 heavy (non-hydrogen) atoms. The number of thioether (sulfide) groups is 1. The maximum atomic E-state index is 13.7. The first-order chi connectivity index (χ1) is 29.5. The second-order valence-corrected chi connectivity index (χ2v) is 17.3. The predicted molar refractivity (Wildman–Crippen MR) is 240 cm³/mol. The molecule has 7 amide bonds. The van der Waals surface area contributed by atoms with Crippen LogP contribution in [0.3, 0.4) is 0 Å². The van der Waals surface area contributed by atoms with Crippen molar-refractivity contribution in [3.05, 3.63) is 54.2 Å². The summed E-state index contributed by atoms with van der Waals surface area (Å²) in [5.41, 5.74) is 7.97. The number of nitrogens with two attached hydrogens (primary N) is 1. The molecule has 0 spiro atoms. The Bertz CT molecular complexity index is 1920. The third-order valence-electron chi connectivity index (χ3n) is 10.2. The van der Waals surface area contributed by atoms with E-state index in [4.69, 9.17) is 5.73 Å². The number of carbonyl (C=O) groups is 7. The molecule has 2 heterocycles. The Labute approximate surface area is 368 Å². The van der Waals surface area contributed by atoms with Gasteiger partial charge in [0.25, 0.3) is 0 Å². The van der Waals surface area contributed by atoms with E-state index < -0.39 is 84.2 Å². The number of benzene rings is 1. The number of unbranched alkanes of at least 4 members (excludes halogenated alkanes) is 2. The second kappa shape index (κ2) is 26.1. The first kappa shape index (κ1) is 50.9. The fraction of sp³-hybridized carbons (Fsp3) is 0.581. The number of rotatable bonds is 28. The van der Waals surface area contributed by atoms with E-state index in [0.717, 1.165) is 35.7 Å². The van der Waals surface area contributed by atoms with Gasteiger partial charge in [-0.25, -0.2) is 4.98 Å². The molecule has 0 saturated carbocycles. The van der Waals surface area contributed by atoms with Gasteiger partial charge in [0.2, 0.25) is 41.4 Å². The number of carbonyl (C=O) groups excluding carboxylic acids is 7. The lowest BCUT2D eigenvalue weighted by Crippen LogP contribution is -2.58. The number of nitrogens with one attached hydrogen (secondary N) is 9. The van der Waals surface area contributed by atoms with Crippen LogP contribution < -0.4 is 43.0 Å². The number of aromatic nitrogens is 3. The molecule has 0 aliphatic heterocycles. The van der Waals surface area contributed by atoms with Crippen LogP contribution in [-0.4, -0.2) is 118 Å². The highest BCUT2D eigenvalue weighted by Crippen LogP contribution is 2.19. The minimum Gasteiger partial charge on any atom is -0.368 e. The topological polar surface area (TPSA) is 274 Å². The van der Waals surface area contributed by atoms with Gasteiger partial charge in [0.1, 0.15) is 30.2 Å². The highest BCUT2D eigenvalue weighted by atomic mass is 32.2. The van der Waals surface area contributed by atoms with Crippen LogP contribution in [-0.2, 0) is 46.4 Å². The van der Waals surface area contributed by atoms with Gasteiger partial charge in [-0.1, -0.05) is 65.7 Å². The average Bonchev–Trinajstić information content (AvgIpc) is 3.90. The number of hydrogen-bond donors (Lipinski definition) is 10. The molecule has 18 nitrogen and oxygen atoms in total. The van der Waals surface area contributed by atoms with Crippen molar-refractivity contribution in [2.45, 2.75) is 123 Å². The minimum atomic E-state index is -1.20. The summed E-state index contributed by atoms with van der Waals surface area (Å²) >= 11 is 1.49. The summed E-state index contributed by atoms with van der Waals surface area (Å²) in [5, 5.41) is 20.4. The Morgan fingerprint density at radius 2 is 1.47 bits per heavy atom. The van der Waals surface area contributed by atoms with E-state index in [9.17, 15) is 33.6 Å². The summed E-state index contributed by atoms with van der Waals surface area (Å²) in [6, 6.07) is 1.98. The maximum Gasteiger partial charge on any atom is 0.243 e. The number of aromatic amines is 2. The number of H-pyrrole nitrogens is 2. The van der Waals surface area contributed by atoms with Gasteiger partial charge in [-0.2, -0.15) is 11.8 Å². The highest BCUT2D eigenvalue weighted by Gasteiger charge is 2.32. The summed E-state index contributed by atoms with van der Waals surface area (Å²) in [6.07, 6.45) is 10.5. The molecule has 6 atom stereocenters. The van der Waals surface area contributed by atoms with Crippen molar-refractivity contribution in [1.29, 1.82) is 0 Å². The van der Waals surface area contributed by atoms with Gasteiger partial charge in [0, 0.05) is 35.4 Å².